The maximum Gasteiger partial charge on any atom is 0.355 e. The van der Waals surface area contributed by atoms with Crippen LogP contribution in [0.3, 0.4) is 0 Å². The van der Waals surface area contributed by atoms with Crippen LogP contribution in [0.1, 0.15) is 20.8 Å². The van der Waals surface area contributed by atoms with E-state index in [9.17, 15) is 9.59 Å². The van der Waals surface area contributed by atoms with Gasteiger partial charge in [0.15, 0.2) is 5.69 Å². The molecule has 2 rings (SSSR count). The molecule has 82 valence electrons. The Labute approximate surface area is 97.9 Å². The number of aromatic carboxylic acids is 2. The average molecular weight is 258 g/mol. The number of fused-ring (bicyclic) bond motifs is 1. The van der Waals surface area contributed by atoms with E-state index < -0.39 is 17.6 Å². The fourth-order valence-corrected chi connectivity index (χ4v) is 2.37. The largest absolute Gasteiger partial charge is 0.478 e. The van der Waals surface area contributed by atoms with Gasteiger partial charge in [0.25, 0.3) is 0 Å². The lowest BCUT2D eigenvalue weighted by atomic mass is 10.1. The van der Waals surface area contributed by atoms with E-state index in [1.807, 2.05) is 0 Å². The molecular weight excluding hydrogens is 254 g/mol. The van der Waals surface area contributed by atoms with Gasteiger partial charge >= 0.3 is 11.9 Å². The minimum atomic E-state index is -1.37. The summed E-state index contributed by atoms with van der Waals surface area (Å²) in [6.45, 7) is 0. The third kappa shape index (κ3) is 1.62. The van der Waals surface area contributed by atoms with Crippen LogP contribution in [0, 0.1) is 0 Å². The molecule has 0 unspecified atom stereocenters. The summed E-state index contributed by atoms with van der Waals surface area (Å²) in [5.41, 5.74) is -0.834. The molecule has 2 N–H and O–H groups in total. The predicted molar refractivity (Wildman–Crippen MR) is 58.5 cm³/mol. The van der Waals surface area contributed by atoms with Crippen molar-refractivity contribution in [2.75, 3.05) is 0 Å². The Morgan fingerprint density at radius 3 is 2.56 bits per heavy atom. The zero-order chi connectivity index (χ0) is 11.9. The summed E-state index contributed by atoms with van der Waals surface area (Å²) < 4.78 is 0. The molecule has 0 aliphatic heterocycles. The Kier molecular flexibility index (Phi) is 2.53. The van der Waals surface area contributed by atoms with Crippen molar-refractivity contribution in [3.63, 3.8) is 0 Å². The molecule has 7 heteroatoms. The van der Waals surface area contributed by atoms with Crippen molar-refractivity contribution in [2.45, 2.75) is 0 Å². The molecule has 0 aromatic carbocycles. The quantitative estimate of drug-likeness (QED) is 0.862. The first-order valence-corrected chi connectivity index (χ1v) is 5.31. The molecule has 0 atom stereocenters. The van der Waals surface area contributed by atoms with Crippen molar-refractivity contribution < 1.29 is 19.8 Å². The monoisotopic (exact) mass is 257 g/mol. The second kappa shape index (κ2) is 3.73. The number of thiophene rings is 1. The standard InChI is InChI=1S/C9H4ClNO4S/c10-5-2-16-7-3(5)1-4(8(12)13)6(11-7)9(14)15/h1-2H,(H,12,13)(H,14,15). The molecule has 2 aromatic heterocycles. The van der Waals surface area contributed by atoms with E-state index in [0.717, 1.165) is 0 Å². The molecule has 0 saturated heterocycles. The van der Waals surface area contributed by atoms with Gasteiger partial charge < -0.3 is 10.2 Å². The molecule has 2 heterocycles. The first kappa shape index (κ1) is 10.8. The second-order valence-electron chi connectivity index (χ2n) is 2.93. The molecule has 0 aliphatic carbocycles. The summed E-state index contributed by atoms with van der Waals surface area (Å²) in [5.74, 6) is -2.71. The van der Waals surface area contributed by atoms with Gasteiger partial charge in [0.2, 0.25) is 0 Å². The lowest BCUT2D eigenvalue weighted by molar-refractivity contribution is 0.0647. The summed E-state index contributed by atoms with van der Waals surface area (Å²) in [4.78, 5) is 25.9. The van der Waals surface area contributed by atoms with Crippen molar-refractivity contribution in [1.29, 1.82) is 0 Å². The Balaban J connectivity index is 2.83. The van der Waals surface area contributed by atoms with E-state index >= 15 is 0 Å². The molecule has 0 bridgehead atoms. The molecule has 0 radical (unpaired) electrons. The first-order valence-electron chi connectivity index (χ1n) is 4.05. The van der Waals surface area contributed by atoms with Crippen LogP contribution in [-0.4, -0.2) is 27.1 Å². The van der Waals surface area contributed by atoms with Crippen LogP contribution in [-0.2, 0) is 0 Å². The van der Waals surface area contributed by atoms with Gasteiger partial charge in [0.05, 0.1) is 10.6 Å². The molecule has 0 spiro atoms. The SMILES string of the molecule is O=C(O)c1cc2c(Cl)csc2nc1C(=O)O. The van der Waals surface area contributed by atoms with Crippen molar-refractivity contribution in [3.8, 4) is 0 Å². The molecule has 0 aliphatic rings. The van der Waals surface area contributed by atoms with E-state index in [2.05, 4.69) is 4.98 Å². The van der Waals surface area contributed by atoms with Crippen LogP contribution in [0.4, 0.5) is 0 Å². The number of carboxylic acid groups (broad SMARTS) is 2. The van der Waals surface area contributed by atoms with E-state index in [-0.39, 0.29) is 5.56 Å². The van der Waals surface area contributed by atoms with E-state index in [1.165, 1.54) is 17.4 Å². The van der Waals surface area contributed by atoms with Crippen LogP contribution >= 0.6 is 22.9 Å². The van der Waals surface area contributed by atoms with Crippen LogP contribution in [0.5, 0.6) is 0 Å². The van der Waals surface area contributed by atoms with Gasteiger partial charge in [-0.05, 0) is 6.07 Å². The highest BCUT2D eigenvalue weighted by molar-refractivity contribution is 7.17. The zero-order valence-electron chi connectivity index (χ0n) is 7.60. The average Bonchev–Trinajstić information content (AvgIpc) is 2.58. The molecular formula is C9H4ClNO4S. The topological polar surface area (TPSA) is 87.5 Å². The van der Waals surface area contributed by atoms with Crippen molar-refractivity contribution in [2.24, 2.45) is 0 Å². The highest BCUT2D eigenvalue weighted by Gasteiger charge is 2.20. The number of hydrogen-bond donors (Lipinski definition) is 2. The van der Waals surface area contributed by atoms with E-state index in [4.69, 9.17) is 21.8 Å². The maximum absolute atomic E-state index is 10.9. The van der Waals surface area contributed by atoms with Gasteiger partial charge in [-0.15, -0.1) is 11.3 Å². The van der Waals surface area contributed by atoms with Crippen LogP contribution in [0.2, 0.25) is 5.02 Å². The zero-order valence-corrected chi connectivity index (χ0v) is 9.17. The molecule has 0 amide bonds. The fourth-order valence-electron chi connectivity index (χ4n) is 1.25. The number of halogens is 1. The van der Waals surface area contributed by atoms with Gasteiger partial charge in [-0.3, -0.25) is 0 Å². The summed E-state index contributed by atoms with van der Waals surface area (Å²) in [6, 6.07) is 1.23. The van der Waals surface area contributed by atoms with Gasteiger partial charge in [-0.1, -0.05) is 11.6 Å². The van der Waals surface area contributed by atoms with Crippen LogP contribution < -0.4 is 0 Å². The lowest BCUT2D eigenvalue weighted by Gasteiger charge is -2.00. The lowest BCUT2D eigenvalue weighted by Crippen LogP contribution is -2.10. The van der Waals surface area contributed by atoms with Gasteiger partial charge in [-0.25, -0.2) is 14.6 Å². The Hall–Kier alpha value is -1.66. The number of hydrogen-bond acceptors (Lipinski definition) is 4. The molecule has 5 nitrogen and oxygen atoms in total. The summed E-state index contributed by atoms with van der Waals surface area (Å²) in [5, 5.41) is 20.1. The Bertz CT molecular complexity index is 607. The maximum atomic E-state index is 10.9. The highest BCUT2D eigenvalue weighted by Crippen LogP contribution is 2.30. The molecule has 16 heavy (non-hydrogen) atoms. The number of carboxylic acids is 2. The Morgan fingerprint density at radius 2 is 2.00 bits per heavy atom. The third-order valence-electron chi connectivity index (χ3n) is 1.95. The van der Waals surface area contributed by atoms with Crippen molar-refractivity contribution in [1.82, 2.24) is 4.98 Å². The van der Waals surface area contributed by atoms with E-state index in [0.29, 0.717) is 15.2 Å². The second-order valence-corrected chi connectivity index (χ2v) is 4.20. The minimum absolute atomic E-state index is 0.361. The number of aromatic nitrogens is 1. The molecule has 0 saturated carbocycles. The summed E-state index contributed by atoms with van der Waals surface area (Å²) in [7, 11) is 0. The van der Waals surface area contributed by atoms with Gasteiger partial charge in [-0.2, -0.15) is 0 Å². The minimum Gasteiger partial charge on any atom is -0.478 e. The number of rotatable bonds is 2. The third-order valence-corrected chi connectivity index (χ3v) is 3.28. The smallest absolute Gasteiger partial charge is 0.355 e. The van der Waals surface area contributed by atoms with Gasteiger partial charge in [0.1, 0.15) is 4.83 Å². The predicted octanol–water partition coefficient (Wildman–Crippen LogP) is 2.35. The van der Waals surface area contributed by atoms with Gasteiger partial charge in [0, 0.05) is 10.8 Å². The molecule has 2 aromatic rings. The normalized spacial score (nSPS) is 10.6. The molecule has 0 fully saturated rings. The summed E-state index contributed by atoms with van der Waals surface area (Å²) in [6.07, 6.45) is 0. The van der Waals surface area contributed by atoms with Crippen LogP contribution in [0.15, 0.2) is 11.4 Å². The van der Waals surface area contributed by atoms with Crippen LogP contribution in [0.25, 0.3) is 10.2 Å². The fraction of sp³-hybridized carbons (Fsp3) is 0. The van der Waals surface area contributed by atoms with Crippen molar-refractivity contribution in [3.05, 3.63) is 27.7 Å². The first-order chi connectivity index (χ1) is 7.50. The highest BCUT2D eigenvalue weighted by atomic mass is 35.5. The number of nitrogens with zero attached hydrogens (tertiary/aromatic N) is 1. The van der Waals surface area contributed by atoms with E-state index in [1.54, 1.807) is 5.38 Å². The Morgan fingerprint density at radius 1 is 1.31 bits per heavy atom. The number of carbonyl (C=O) groups is 2. The van der Waals surface area contributed by atoms with Crippen molar-refractivity contribution >= 4 is 45.1 Å². The number of pyridine rings is 1. The summed E-state index contributed by atoms with van der Waals surface area (Å²) >= 11 is 6.98.